The Bertz CT molecular complexity index is 260. The third kappa shape index (κ3) is 1.89. The molecule has 1 aliphatic carbocycles. The zero-order chi connectivity index (χ0) is 11.2. The predicted octanol–water partition coefficient (Wildman–Crippen LogP) is 2.20. The third-order valence-electron chi connectivity index (χ3n) is 4.06. The van der Waals surface area contributed by atoms with Gasteiger partial charge < -0.3 is 14.2 Å². The molecule has 2 aliphatic heterocycles. The zero-order valence-corrected chi connectivity index (χ0v) is 10.3. The van der Waals surface area contributed by atoms with Crippen molar-refractivity contribution in [2.24, 2.45) is 17.3 Å². The maximum Gasteiger partial charge on any atom is 0.175 e. The molecule has 2 saturated heterocycles. The number of hydrogen-bond acceptors (Lipinski definition) is 3. The lowest BCUT2D eigenvalue weighted by Crippen LogP contribution is -2.56. The first-order chi connectivity index (χ1) is 7.61. The summed E-state index contributed by atoms with van der Waals surface area (Å²) in [4.78, 5) is 0. The first kappa shape index (κ1) is 11.0. The topological polar surface area (TPSA) is 27.7 Å². The van der Waals surface area contributed by atoms with E-state index in [0.717, 1.165) is 38.8 Å². The lowest BCUT2D eigenvalue weighted by molar-refractivity contribution is -0.347. The van der Waals surface area contributed by atoms with Crippen LogP contribution in [0, 0.1) is 17.3 Å². The molecule has 1 saturated carbocycles. The van der Waals surface area contributed by atoms with Gasteiger partial charge in [-0.3, -0.25) is 0 Å². The van der Waals surface area contributed by atoms with Crippen LogP contribution in [-0.4, -0.2) is 32.2 Å². The summed E-state index contributed by atoms with van der Waals surface area (Å²) in [7, 11) is 0. The second-order valence-corrected chi connectivity index (χ2v) is 6.32. The Morgan fingerprint density at radius 1 is 1.06 bits per heavy atom. The van der Waals surface area contributed by atoms with Gasteiger partial charge in [0.2, 0.25) is 0 Å². The van der Waals surface area contributed by atoms with Crippen molar-refractivity contribution < 1.29 is 14.2 Å². The third-order valence-corrected chi connectivity index (χ3v) is 4.06. The van der Waals surface area contributed by atoms with Gasteiger partial charge in [0.15, 0.2) is 5.79 Å². The van der Waals surface area contributed by atoms with E-state index in [1.54, 1.807) is 0 Å². The molecule has 3 nitrogen and oxygen atoms in total. The molecule has 92 valence electrons. The van der Waals surface area contributed by atoms with E-state index in [-0.39, 0.29) is 11.2 Å². The Hall–Kier alpha value is -0.120. The van der Waals surface area contributed by atoms with Gasteiger partial charge in [0.25, 0.3) is 0 Å². The van der Waals surface area contributed by atoms with Crippen LogP contribution in [-0.2, 0) is 14.2 Å². The Morgan fingerprint density at radius 3 is 2.38 bits per heavy atom. The largest absolute Gasteiger partial charge is 0.381 e. The molecule has 3 fully saturated rings. The van der Waals surface area contributed by atoms with Gasteiger partial charge in [-0.2, -0.15) is 0 Å². The minimum absolute atomic E-state index is 0.164. The van der Waals surface area contributed by atoms with Crippen LogP contribution in [0.5, 0.6) is 0 Å². The summed E-state index contributed by atoms with van der Waals surface area (Å²) in [6.45, 7) is 7.64. The smallest absolute Gasteiger partial charge is 0.175 e. The Morgan fingerprint density at radius 2 is 1.75 bits per heavy atom. The molecule has 0 N–H and O–H groups in total. The Balaban J connectivity index is 1.74. The minimum Gasteiger partial charge on any atom is -0.381 e. The van der Waals surface area contributed by atoms with Crippen molar-refractivity contribution in [1.29, 1.82) is 0 Å². The molecule has 2 heterocycles. The standard InChI is InChI=1S/C13H22O3/c1-12(2)8-15-13(16-9-12)5-6-14-7-11(13)10-3-4-10/h10-11H,3-9H2,1-2H3. The lowest BCUT2D eigenvalue weighted by Gasteiger charge is -2.49. The van der Waals surface area contributed by atoms with Crippen LogP contribution < -0.4 is 0 Å². The average Bonchev–Trinajstić information content (AvgIpc) is 3.08. The number of rotatable bonds is 1. The van der Waals surface area contributed by atoms with E-state index in [1.165, 1.54) is 12.8 Å². The van der Waals surface area contributed by atoms with E-state index in [9.17, 15) is 0 Å². The fourth-order valence-electron chi connectivity index (χ4n) is 2.81. The number of ether oxygens (including phenoxy) is 3. The molecule has 3 aliphatic rings. The molecule has 3 heteroatoms. The molecular weight excluding hydrogens is 204 g/mol. The van der Waals surface area contributed by atoms with Crippen molar-refractivity contribution in [3.63, 3.8) is 0 Å². The number of hydrogen-bond donors (Lipinski definition) is 0. The summed E-state index contributed by atoms with van der Waals surface area (Å²) in [6, 6.07) is 0. The van der Waals surface area contributed by atoms with Crippen molar-refractivity contribution in [2.75, 3.05) is 26.4 Å². The SMILES string of the molecule is CC1(C)COC2(CCOCC2C2CC2)OC1. The Kier molecular flexibility index (Phi) is 2.54. The van der Waals surface area contributed by atoms with Gasteiger partial charge >= 0.3 is 0 Å². The van der Waals surface area contributed by atoms with E-state index >= 15 is 0 Å². The normalized spacial score (nSPS) is 37.5. The molecule has 16 heavy (non-hydrogen) atoms. The van der Waals surface area contributed by atoms with Crippen LogP contribution in [0.15, 0.2) is 0 Å². The summed E-state index contributed by atoms with van der Waals surface area (Å²) in [5.41, 5.74) is 0.164. The van der Waals surface area contributed by atoms with Gasteiger partial charge in [0.05, 0.1) is 26.4 Å². The van der Waals surface area contributed by atoms with Crippen LogP contribution in [0.4, 0.5) is 0 Å². The molecule has 0 aromatic carbocycles. The summed E-state index contributed by atoms with van der Waals surface area (Å²) in [5.74, 6) is 0.938. The van der Waals surface area contributed by atoms with Gasteiger partial charge in [-0.25, -0.2) is 0 Å². The Labute approximate surface area is 97.4 Å². The van der Waals surface area contributed by atoms with Crippen molar-refractivity contribution >= 4 is 0 Å². The maximum atomic E-state index is 6.13. The molecule has 1 atom stereocenters. The molecule has 3 rings (SSSR count). The van der Waals surface area contributed by atoms with Crippen LogP contribution in [0.1, 0.15) is 33.1 Å². The van der Waals surface area contributed by atoms with Crippen LogP contribution in [0.25, 0.3) is 0 Å². The van der Waals surface area contributed by atoms with Gasteiger partial charge in [-0.05, 0) is 18.8 Å². The zero-order valence-electron chi connectivity index (χ0n) is 10.3. The predicted molar refractivity (Wildman–Crippen MR) is 60.1 cm³/mol. The monoisotopic (exact) mass is 226 g/mol. The highest BCUT2D eigenvalue weighted by Crippen LogP contribution is 2.49. The molecule has 0 aromatic heterocycles. The molecule has 0 radical (unpaired) electrons. The van der Waals surface area contributed by atoms with Gasteiger partial charge in [-0.1, -0.05) is 13.8 Å². The molecule has 1 unspecified atom stereocenters. The maximum absolute atomic E-state index is 6.13. The van der Waals surface area contributed by atoms with E-state index in [1.807, 2.05) is 0 Å². The van der Waals surface area contributed by atoms with Crippen molar-refractivity contribution in [3.05, 3.63) is 0 Å². The average molecular weight is 226 g/mol. The molecule has 0 aromatic rings. The van der Waals surface area contributed by atoms with Gasteiger partial charge in [-0.15, -0.1) is 0 Å². The lowest BCUT2D eigenvalue weighted by atomic mass is 9.86. The second kappa shape index (κ2) is 3.69. The highest BCUT2D eigenvalue weighted by molar-refractivity contribution is 4.95. The van der Waals surface area contributed by atoms with Gasteiger partial charge in [0, 0.05) is 17.8 Å². The molecular formula is C13H22O3. The van der Waals surface area contributed by atoms with Crippen molar-refractivity contribution in [2.45, 2.75) is 38.9 Å². The summed E-state index contributed by atoms with van der Waals surface area (Å²) in [5, 5.41) is 0. The minimum atomic E-state index is -0.311. The fraction of sp³-hybridized carbons (Fsp3) is 1.00. The summed E-state index contributed by atoms with van der Waals surface area (Å²) in [6.07, 6.45) is 3.56. The summed E-state index contributed by atoms with van der Waals surface area (Å²) < 4.78 is 17.9. The molecule has 0 bridgehead atoms. The van der Waals surface area contributed by atoms with Crippen LogP contribution in [0.3, 0.4) is 0 Å². The first-order valence-electron chi connectivity index (χ1n) is 6.47. The quantitative estimate of drug-likeness (QED) is 0.686. The van der Waals surface area contributed by atoms with Crippen molar-refractivity contribution in [3.8, 4) is 0 Å². The first-order valence-corrected chi connectivity index (χ1v) is 6.47. The van der Waals surface area contributed by atoms with Crippen molar-refractivity contribution in [1.82, 2.24) is 0 Å². The van der Waals surface area contributed by atoms with E-state index in [2.05, 4.69) is 13.8 Å². The highest BCUT2D eigenvalue weighted by Gasteiger charge is 2.53. The van der Waals surface area contributed by atoms with Gasteiger partial charge in [0.1, 0.15) is 0 Å². The van der Waals surface area contributed by atoms with E-state index < -0.39 is 0 Å². The van der Waals surface area contributed by atoms with Crippen LogP contribution >= 0.6 is 0 Å². The molecule has 1 spiro atoms. The van der Waals surface area contributed by atoms with Crippen LogP contribution in [0.2, 0.25) is 0 Å². The van der Waals surface area contributed by atoms with E-state index in [4.69, 9.17) is 14.2 Å². The summed E-state index contributed by atoms with van der Waals surface area (Å²) >= 11 is 0. The highest BCUT2D eigenvalue weighted by atomic mass is 16.7. The van der Waals surface area contributed by atoms with E-state index in [0.29, 0.717) is 5.92 Å². The molecule has 0 amide bonds. The second-order valence-electron chi connectivity index (χ2n) is 6.32. The fourth-order valence-corrected chi connectivity index (χ4v) is 2.81.